The highest BCUT2D eigenvalue weighted by molar-refractivity contribution is 7.87. The van der Waals surface area contributed by atoms with Crippen LogP contribution in [0.1, 0.15) is 24.3 Å². The van der Waals surface area contributed by atoms with Gasteiger partial charge in [0.1, 0.15) is 0 Å². The third kappa shape index (κ3) is 5.04. The molecule has 0 saturated heterocycles. The number of carboxylic acid groups (broad SMARTS) is 1. The Balaban J connectivity index is 2.65. The summed E-state index contributed by atoms with van der Waals surface area (Å²) in [4.78, 5) is 11.2. The van der Waals surface area contributed by atoms with Crippen molar-refractivity contribution in [2.45, 2.75) is 20.4 Å². The van der Waals surface area contributed by atoms with Crippen LogP contribution < -0.4 is 4.72 Å². The number of hydrogen-bond donors (Lipinski definition) is 2. The number of carboxylic acids is 1. The maximum absolute atomic E-state index is 11.9. The van der Waals surface area contributed by atoms with Crippen LogP contribution in [-0.2, 0) is 21.5 Å². The zero-order valence-corrected chi connectivity index (χ0v) is 13.0. The third-order valence-electron chi connectivity index (χ3n) is 2.57. The van der Waals surface area contributed by atoms with Crippen LogP contribution in [0.2, 0.25) is 0 Å². The second kappa shape index (κ2) is 7.53. The largest absolute Gasteiger partial charge is 0.478 e. The van der Waals surface area contributed by atoms with Gasteiger partial charge in [-0.05, 0) is 23.1 Å². The van der Waals surface area contributed by atoms with E-state index in [4.69, 9.17) is 5.11 Å². The minimum absolute atomic E-state index is 0.199. The zero-order chi connectivity index (χ0) is 15.2. The van der Waals surface area contributed by atoms with Gasteiger partial charge in [-0.3, -0.25) is 0 Å². The average Bonchev–Trinajstić information content (AvgIpc) is 2.83. The van der Waals surface area contributed by atoms with E-state index in [1.165, 1.54) is 21.7 Å². The molecule has 1 aromatic heterocycles. The standard InChI is InChI=1S/C12H18N2O4S2/c1-3-14(4-2)20(17,18)13-8-11-7-10(9-19-11)5-6-12(15)16/h5-7,9,13H,3-4,8H2,1-2H3,(H,15,16). The highest BCUT2D eigenvalue weighted by atomic mass is 32.2. The molecular formula is C12H18N2O4S2. The summed E-state index contributed by atoms with van der Waals surface area (Å²) >= 11 is 1.38. The number of nitrogens with zero attached hydrogens (tertiary/aromatic N) is 1. The van der Waals surface area contributed by atoms with Crippen molar-refractivity contribution in [3.63, 3.8) is 0 Å². The van der Waals surface area contributed by atoms with Crippen molar-refractivity contribution in [3.05, 3.63) is 28.0 Å². The summed E-state index contributed by atoms with van der Waals surface area (Å²) in [6.07, 6.45) is 2.52. The minimum Gasteiger partial charge on any atom is -0.478 e. The van der Waals surface area contributed by atoms with E-state index < -0.39 is 16.2 Å². The fourth-order valence-electron chi connectivity index (χ4n) is 1.56. The topological polar surface area (TPSA) is 86.7 Å². The summed E-state index contributed by atoms with van der Waals surface area (Å²) in [6.45, 7) is 4.60. The van der Waals surface area contributed by atoms with E-state index in [0.29, 0.717) is 13.1 Å². The van der Waals surface area contributed by atoms with E-state index in [0.717, 1.165) is 16.5 Å². The molecule has 0 saturated carbocycles. The maximum atomic E-state index is 11.9. The van der Waals surface area contributed by atoms with Crippen LogP contribution in [0.3, 0.4) is 0 Å². The van der Waals surface area contributed by atoms with Crippen molar-refractivity contribution >= 4 is 33.6 Å². The van der Waals surface area contributed by atoms with Crippen LogP contribution in [0, 0.1) is 0 Å². The summed E-state index contributed by atoms with van der Waals surface area (Å²) in [6, 6.07) is 1.76. The monoisotopic (exact) mass is 318 g/mol. The van der Waals surface area contributed by atoms with Gasteiger partial charge in [-0.15, -0.1) is 11.3 Å². The number of thiophene rings is 1. The molecule has 6 nitrogen and oxygen atoms in total. The van der Waals surface area contributed by atoms with Crippen LogP contribution in [0.5, 0.6) is 0 Å². The summed E-state index contributed by atoms with van der Waals surface area (Å²) in [7, 11) is -3.46. The number of rotatable bonds is 8. The Bertz CT molecular complexity index is 574. The molecule has 0 aliphatic rings. The predicted octanol–water partition coefficient (Wildman–Crippen LogP) is 1.52. The highest BCUT2D eigenvalue weighted by Crippen LogP contribution is 2.16. The zero-order valence-electron chi connectivity index (χ0n) is 11.4. The molecule has 0 unspecified atom stereocenters. The quantitative estimate of drug-likeness (QED) is 0.712. The second-order valence-corrected chi connectivity index (χ2v) is 6.68. The molecule has 0 bridgehead atoms. The first kappa shape index (κ1) is 16.8. The molecule has 2 N–H and O–H groups in total. The second-order valence-electron chi connectivity index (χ2n) is 3.93. The lowest BCUT2D eigenvalue weighted by Gasteiger charge is -2.18. The van der Waals surface area contributed by atoms with E-state index in [-0.39, 0.29) is 6.54 Å². The molecule has 112 valence electrons. The molecule has 0 aliphatic heterocycles. The molecule has 0 spiro atoms. The Morgan fingerprint density at radius 1 is 1.45 bits per heavy atom. The molecule has 0 aromatic carbocycles. The van der Waals surface area contributed by atoms with Crippen LogP contribution in [0.15, 0.2) is 17.5 Å². The normalized spacial score (nSPS) is 12.3. The highest BCUT2D eigenvalue weighted by Gasteiger charge is 2.17. The van der Waals surface area contributed by atoms with Crippen molar-refractivity contribution in [2.24, 2.45) is 0 Å². The third-order valence-corrected chi connectivity index (χ3v) is 5.23. The lowest BCUT2D eigenvalue weighted by atomic mass is 10.3. The van der Waals surface area contributed by atoms with Crippen LogP contribution in [0.4, 0.5) is 0 Å². The molecule has 1 rings (SSSR count). The van der Waals surface area contributed by atoms with Crippen molar-refractivity contribution < 1.29 is 18.3 Å². The van der Waals surface area contributed by atoms with Gasteiger partial charge in [-0.25, -0.2) is 4.79 Å². The first-order valence-electron chi connectivity index (χ1n) is 6.12. The van der Waals surface area contributed by atoms with Gasteiger partial charge in [-0.1, -0.05) is 13.8 Å². The number of hydrogen-bond acceptors (Lipinski definition) is 4. The average molecular weight is 318 g/mol. The summed E-state index contributed by atoms with van der Waals surface area (Å²) in [5.41, 5.74) is 0.745. The van der Waals surface area contributed by atoms with Gasteiger partial charge in [0.25, 0.3) is 10.2 Å². The molecule has 0 aliphatic carbocycles. The molecule has 0 atom stereocenters. The van der Waals surface area contributed by atoms with Crippen molar-refractivity contribution in [1.82, 2.24) is 9.03 Å². The minimum atomic E-state index is -3.46. The summed E-state index contributed by atoms with van der Waals surface area (Å²) in [5.74, 6) is -1.01. The molecule has 1 heterocycles. The Morgan fingerprint density at radius 2 is 2.10 bits per heavy atom. The van der Waals surface area contributed by atoms with Gasteiger partial charge < -0.3 is 5.11 Å². The summed E-state index contributed by atoms with van der Waals surface area (Å²) in [5, 5.41) is 10.3. The molecular weight excluding hydrogens is 300 g/mol. The first-order valence-corrected chi connectivity index (χ1v) is 8.44. The van der Waals surface area contributed by atoms with Crippen LogP contribution in [-0.4, -0.2) is 36.9 Å². The Morgan fingerprint density at radius 3 is 2.65 bits per heavy atom. The molecule has 20 heavy (non-hydrogen) atoms. The Labute approximate surface area is 122 Å². The van der Waals surface area contributed by atoms with Crippen LogP contribution >= 0.6 is 11.3 Å². The molecule has 0 amide bonds. The lowest BCUT2D eigenvalue weighted by Crippen LogP contribution is -2.39. The maximum Gasteiger partial charge on any atom is 0.328 e. The van der Waals surface area contributed by atoms with Crippen LogP contribution in [0.25, 0.3) is 6.08 Å². The Kier molecular flexibility index (Phi) is 6.34. The van der Waals surface area contributed by atoms with E-state index in [1.807, 2.05) is 0 Å². The van der Waals surface area contributed by atoms with Gasteiger partial charge in [0.05, 0.1) is 0 Å². The van der Waals surface area contributed by atoms with Gasteiger partial charge in [0.15, 0.2) is 0 Å². The molecule has 8 heteroatoms. The number of nitrogens with one attached hydrogen (secondary N) is 1. The molecule has 0 radical (unpaired) electrons. The van der Waals surface area contributed by atoms with Gasteiger partial charge in [-0.2, -0.15) is 17.4 Å². The number of aliphatic carboxylic acids is 1. The van der Waals surface area contributed by atoms with E-state index in [1.54, 1.807) is 25.3 Å². The Hall–Kier alpha value is -1.22. The van der Waals surface area contributed by atoms with Crippen molar-refractivity contribution in [3.8, 4) is 0 Å². The number of carbonyl (C=O) groups is 1. The summed E-state index contributed by atoms with van der Waals surface area (Å²) < 4.78 is 27.7. The fourth-order valence-corrected chi connectivity index (χ4v) is 3.65. The van der Waals surface area contributed by atoms with Gasteiger partial charge >= 0.3 is 5.97 Å². The first-order chi connectivity index (χ1) is 9.39. The fraction of sp³-hybridized carbons (Fsp3) is 0.417. The molecule has 1 aromatic rings. The van der Waals surface area contributed by atoms with Crippen molar-refractivity contribution in [2.75, 3.05) is 13.1 Å². The smallest absolute Gasteiger partial charge is 0.328 e. The predicted molar refractivity (Wildman–Crippen MR) is 79.7 cm³/mol. The van der Waals surface area contributed by atoms with E-state index in [2.05, 4.69) is 4.72 Å². The van der Waals surface area contributed by atoms with E-state index >= 15 is 0 Å². The van der Waals surface area contributed by atoms with E-state index in [9.17, 15) is 13.2 Å². The van der Waals surface area contributed by atoms with Gasteiger partial charge in [0.2, 0.25) is 0 Å². The lowest BCUT2D eigenvalue weighted by molar-refractivity contribution is -0.131. The molecule has 0 fully saturated rings. The van der Waals surface area contributed by atoms with Crippen molar-refractivity contribution in [1.29, 1.82) is 0 Å². The SMILES string of the molecule is CCN(CC)S(=O)(=O)NCc1cc(C=CC(=O)O)cs1. The van der Waals surface area contributed by atoms with Gasteiger partial charge in [0, 0.05) is 30.6 Å².